The fourth-order valence-electron chi connectivity index (χ4n) is 2.00. The highest BCUT2D eigenvalue weighted by molar-refractivity contribution is 5.91. The Bertz CT molecular complexity index is 510. The molecule has 21 heavy (non-hydrogen) atoms. The van der Waals surface area contributed by atoms with Gasteiger partial charge in [0.1, 0.15) is 0 Å². The number of methoxy groups -OCH3 is 2. The van der Waals surface area contributed by atoms with Crippen LogP contribution in [0.2, 0.25) is 0 Å². The van der Waals surface area contributed by atoms with E-state index >= 15 is 0 Å². The number of amides is 1. The Kier molecular flexibility index (Phi) is 5.59. The number of nitrogens with one attached hydrogen (secondary N) is 1. The van der Waals surface area contributed by atoms with Gasteiger partial charge in [-0.25, -0.2) is 5.01 Å². The van der Waals surface area contributed by atoms with Gasteiger partial charge in [-0.2, -0.15) is 0 Å². The van der Waals surface area contributed by atoms with E-state index in [1.165, 1.54) is 6.08 Å². The van der Waals surface area contributed by atoms with Gasteiger partial charge < -0.3 is 14.2 Å². The van der Waals surface area contributed by atoms with Gasteiger partial charge in [-0.05, 0) is 23.8 Å². The highest BCUT2D eigenvalue weighted by atomic mass is 16.5. The summed E-state index contributed by atoms with van der Waals surface area (Å²) in [5, 5.41) is 1.85. The summed E-state index contributed by atoms with van der Waals surface area (Å²) >= 11 is 0. The molecule has 1 amide bonds. The molecule has 1 N–H and O–H groups in total. The second-order valence-electron chi connectivity index (χ2n) is 4.52. The quantitative estimate of drug-likeness (QED) is 0.823. The summed E-state index contributed by atoms with van der Waals surface area (Å²) in [5.74, 6) is 1.13. The van der Waals surface area contributed by atoms with Crippen LogP contribution in [0.15, 0.2) is 24.3 Å². The second-order valence-corrected chi connectivity index (χ2v) is 4.52. The van der Waals surface area contributed by atoms with E-state index in [1.54, 1.807) is 26.4 Å². The summed E-state index contributed by atoms with van der Waals surface area (Å²) in [6.45, 7) is 2.69. The molecule has 1 fully saturated rings. The normalized spacial score (nSPS) is 15.9. The lowest BCUT2D eigenvalue weighted by Crippen LogP contribution is -2.47. The molecule has 1 saturated heterocycles. The van der Waals surface area contributed by atoms with Crippen molar-refractivity contribution in [2.45, 2.75) is 0 Å². The maximum atomic E-state index is 11.8. The van der Waals surface area contributed by atoms with Crippen LogP contribution >= 0.6 is 0 Å². The molecule has 6 nitrogen and oxygen atoms in total. The zero-order chi connectivity index (χ0) is 15.1. The molecule has 0 radical (unpaired) electrons. The molecule has 0 aliphatic carbocycles. The lowest BCUT2D eigenvalue weighted by atomic mass is 10.2. The summed E-state index contributed by atoms with van der Waals surface area (Å²) in [6, 6.07) is 5.48. The number of hydrogen-bond donors (Lipinski definition) is 1. The van der Waals surface area contributed by atoms with Crippen molar-refractivity contribution < 1.29 is 19.0 Å². The van der Waals surface area contributed by atoms with Gasteiger partial charge in [0, 0.05) is 19.2 Å². The molecule has 0 unspecified atom stereocenters. The third-order valence-corrected chi connectivity index (χ3v) is 3.11. The molecule has 114 valence electrons. The third kappa shape index (κ3) is 4.47. The van der Waals surface area contributed by atoms with Crippen molar-refractivity contribution in [3.05, 3.63) is 29.8 Å². The van der Waals surface area contributed by atoms with Crippen LogP contribution in [0, 0.1) is 0 Å². The minimum atomic E-state index is -0.160. The molecular formula is C15H20N2O4. The van der Waals surface area contributed by atoms with Gasteiger partial charge in [0.05, 0.1) is 27.4 Å². The molecule has 1 aliphatic rings. The number of rotatable bonds is 5. The van der Waals surface area contributed by atoms with E-state index in [0.29, 0.717) is 37.8 Å². The van der Waals surface area contributed by atoms with E-state index in [9.17, 15) is 4.79 Å². The zero-order valence-corrected chi connectivity index (χ0v) is 12.3. The van der Waals surface area contributed by atoms with Crippen LogP contribution in [0.3, 0.4) is 0 Å². The molecule has 1 aromatic carbocycles. The predicted molar refractivity (Wildman–Crippen MR) is 79.1 cm³/mol. The number of carbonyl (C=O) groups excluding carboxylic acids is 1. The molecule has 1 aromatic rings. The molecule has 0 aromatic heterocycles. The summed E-state index contributed by atoms with van der Waals surface area (Å²) in [6.07, 6.45) is 3.23. The van der Waals surface area contributed by atoms with Crippen LogP contribution in [0.5, 0.6) is 11.5 Å². The molecule has 0 spiro atoms. The average molecular weight is 292 g/mol. The maximum Gasteiger partial charge on any atom is 0.258 e. The highest BCUT2D eigenvalue weighted by Crippen LogP contribution is 2.27. The lowest BCUT2D eigenvalue weighted by Gasteiger charge is -2.26. The number of hydrazine groups is 1. The number of ether oxygens (including phenoxy) is 3. The van der Waals surface area contributed by atoms with Gasteiger partial charge in [0.2, 0.25) is 0 Å². The van der Waals surface area contributed by atoms with Gasteiger partial charge >= 0.3 is 0 Å². The molecule has 6 heteroatoms. The first-order chi connectivity index (χ1) is 10.2. The van der Waals surface area contributed by atoms with Crippen LogP contribution in [0.25, 0.3) is 6.08 Å². The molecular weight excluding hydrogens is 272 g/mol. The first-order valence-corrected chi connectivity index (χ1v) is 6.76. The number of benzene rings is 1. The fourth-order valence-corrected chi connectivity index (χ4v) is 2.00. The van der Waals surface area contributed by atoms with E-state index in [4.69, 9.17) is 14.2 Å². The van der Waals surface area contributed by atoms with Crippen molar-refractivity contribution in [1.29, 1.82) is 0 Å². The summed E-state index contributed by atoms with van der Waals surface area (Å²) in [4.78, 5) is 11.8. The Balaban J connectivity index is 1.94. The SMILES string of the molecule is COc1ccc(/C=C/C(=O)NN2CCOCC2)cc1OC. The first kappa shape index (κ1) is 15.3. The number of hydrogen-bond acceptors (Lipinski definition) is 5. The second kappa shape index (κ2) is 7.66. The molecule has 0 saturated carbocycles. The van der Waals surface area contributed by atoms with Gasteiger partial charge in [-0.1, -0.05) is 6.07 Å². The van der Waals surface area contributed by atoms with E-state index in [-0.39, 0.29) is 5.91 Å². The Morgan fingerprint density at radius 1 is 1.24 bits per heavy atom. The van der Waals surface area contributed by atoms with E-state index in [2.05, 4.69) is 5.43 Å². The maximum absolute atomic E-state index is 11.8. The molecule has 1 aliphatic heterocycles. The Morgan fingerprint density at radius 2 is 1.95 bits per heavy atom. The van der Waals surface area contributed by atoms with Crippen LogP contribution in [-0.2, 0) is 9.53 Å². The van der Waals surface area contributed by atoms with Gasteiger partial charge in [0.15, 0.2) is 11.5 Å². The minimum absolute atomic E-state index is 0.160. The van der Waals surface area contributed by atoms with Gasteiger partial charge in [-0.3, -0.25) is 10.2 Å². The minimum Gasteiger partial charge on any atom is -0.493 e. The van der Waals surface area contributed by atoms with Gasteiger partial charge in [0.25, 0.3) is 5.91 Å². The summed E-state index contributed by atoms with van der Waals surface area (Å²) < 4.78 is 15.6. The smallest absolute Gasteiger partial charge is 0.258 e. The van der Waals surface area contributed by atoms with Crippen molar-refractivity contribution in [2.75, 3.05) is 40.5 Å². The Morgan fingerprint density at radius 3 is 2.62 bits per heavy atom. The van der Waals surface area contributed by atoms with Crippen LogP contribution < -0.4 is 14.9 Å². The number of carbonyl (C=O) groups is 1. The average Bonchev–Trinajstić information content (AvgIpc) is 2.53. The van der Waals surface area contributed by atoms with Crippen molar-refractivity contribution >= 4 is 12.0 Å². The molecule has 1 heterocycles. The summed E-state index contributed by atoms with van der Waals surface area (Å²) in [7, 11) is 3.17. The summed E-state index contributed by atoms with van der Waals surface area (Å²) in [5.41, 5.74) is 3.68. The fraction of sp³-hybridized carbons (Fsp3) is 0.400. The topological polar surface area (TPSA) is 60.0 Å². The largest absolute Gasteiger partial charge is 0.493 e. The van der Waals surface area contributed by atoms with E-state index < -0.39 is 0 Å². The standard InChI is InChI=1S/C15H20N2O4/c1-19-13-5-3-12(11-14(13)20-2)4-6-15(18)16-17-7-9-21-10-8-17/h3-6,11H,7-10H2,1-2H3,(H,16,18)/b6-4+. The van der Waals surface area contributed by atoms with Crippen molar-refractivity contribution in [3.63, 3.8) is 0 Å². The predicted octanol–water partition coefficient (Wildman–Crippen LogP) is 1.08. The molecule has 2 rings (SSSR count). The van der Waals surface area contributed by atoms with Crippen molar-refractivity contribution in [3.8, 4) is 11.5 Å². The molecule has 0 bridgehead atoms. The van der Waals surface area contributed by atoms with Crippen molar-refractivity contribution in [1.82, 2.24) is 10.4 Å². The van der Waals surface area contributed by atoms with E-state index in [0.717, 1.165) is 5.56 Å². The van der Waals surface area contributed by atoms with Crippen LogP contribution in [0.1, 0.15) is 5.56 Å². The third-order valence-electron chi connectivity index (χ3n) is 3.11. The lowest BCUT2D eigenvalue weighted by molar-refractivity contribution is -0.123. The number of morpholine rings is 1. The zero-order valence-electron chi connectivity index (χ0n) is 12.3. The number of nitrogens with zero attached hydrogens (tertiary/aromatic N) is 1. The Hall–Kier alpha value is -2.05. The molecule has 0 atom stereocenters. The van der Waals surface area contributed by atoms with Crippen LogP contribution in [-0.4, -0.2) is 51.4 Å². The van der Waals surface area contributed by atoms with Crippen LogP contribution in [0.4, 0.5) is 0 Å². The Labute approximate surface area is 124 Å². The van der Waals surface area contributed by atoms with E-state index in [1.807, 2.05) is 17.1 Å². The first-order valence-electron chi connectivity index (χ1n) is 6.76. The monoisotopic (exact) mass is 292 g/mol. The highest BCUT2D eigenvalue weighted by Gasteiger charge is 2.11. The van der Waals surface area contributed by atoms with Gasteiger partial charge in [-0.15, -0.1) is 0 Å². The van der Waals surface area contributed by atoms with Crippen molar-refractivity contribution in [2.24, 2.45) is 0 Å².